The van der Waals surface area contributed by atoms with Crippen molar-refractivity contribution >= 4 is 69.6 Å². The molecule has 0 aromatic heterocycles. The second-order valence-electron chi connectivity index (χ2n) is 6.31. The van der Waals surface area contributed by atoms with Gasteiger partial charge in [0.25, 0.3) is 0 Å². The van der Waals surface area contributed by atoms with Crippen LogP contribution in [0.5, 0.6) is 0 Å². The van der Waals surface area contributed by atoms with Crippen LogP contribution in [-0.2, 0) is 4.74 Å². The molecule has 7 heteroatoms. The number of hydrogen-bond acceptors (Lipinski definition) is 1. The summed E-state index contributed by atoms with van der Waals surface area (Å²) in [6.45, 7) is 0. The standard InChI is InChI=1S/C12H8Cl6O/c13-8-9(14)11(16)5-3-1-2(6-7(3)19-6)4(5)10(8,15)12(11,17)18/h2-7H,1H2/t2-,3?,4+,5?,6-,7+,10+,11-/m1/s1. The molecule has 1 nitrogen and oxygen atoms in total. The summed E-state index contributed by atoms with van der Waals surface area (Å²) in [5.74, 6) is 0.776. The predicted molar refractivity (Wildman–Crippen MR) is 77.6 cm³/mol. The maximum absolute atomic E-state index is 6.82. The normalized spacial score (nSPS) is 66.6. The highest BCUT2D eigenvalue weighted by atomic mass is 35.5. The highest BCUT2D eigenvalue weighted by molar-refractivity contribution is 6.65. The lowest BCUT2D eigenvalue weighted by Crippen LogP contribution is -2.46. The van der Waals surface area contributed by atoms with Crippen molar-refractivity contribution in [3.63, 3.8) is 0 Å². The first kappa shape index (κ1) is 12.9. The summed E-state index contributed by atoms with van der Waals surface area (Å²) in [6.07, 6.45) is 1.63. The van der Waals surface area contributed by atoms with Crippen molar-refractivity contribution in [2.45, 2.75) is 32.7 Å². The fraction of sp³-hybridized carbons (Fsp3) is 0.833. The van der Waals surface area contributed by atoms with Gasteiger partial charge in [-0.25, -0.2) is 0 Å². The van der Waals surface area contributed by atoms with Crippen molar-refractivity contribution in [1.29, 1.82) is 0 Å². The zero-order chi connectivity index (χ0) is 13.5. The molecule has 0 aromatic carbocycles. The number of halogens is 6. The molecule has 0 aromatic rings. The van der Waals surface area contributed by atoms with Crippen LogP contribution in [0.25, 0.3) is 0 Å². The fourth-order valence-electron chi connectivity index (χ4n) is 5.30. The predicted octanol–water partition coefficient (Wildman–Crippen LogP) is 4.48. The van der Waals surface area contributed by atoms with Gasteiger partial charge in [0.15, 0.2) is 4.33 Å². The van der Waals surface area contributed by atoms with Gasteiger partial charge in [0.1, 0.15) is 9.75 Å². The van der Waals surface area contributed by atoms with Gasteiger partial charge in [-0.15, -0.1) is 23.2 Å². The molecule has 104 valence electrons. The Hall–Kier alpha value is 1.44. The Morgan fingerprint density at radius 3 is 1.68 bits per heavy atom. The van der Waals surface area contributed by atoms with Crippen LogP contribution >= 0.6 is 69.6 Å². The summed E-state index contributed by atoms with van der Waals surface area (Å²) in [4.78, 5) is -2.17. The second kappa shape index (κ2) is 3.20. The summed E-state index contributed by atoms with van der Waals surface area (Å²) < 4.78 is 4.35. The number of epoxide rings is 1. The Balaban J connectivity index is 1.80. The molecule has 0 amide bonds. The molecule has 4 bridgehead atoms. The fourth-order valence-corrected chi connectivity index (χ4v) is 8.43. The molecule has 4 aliphatic carbocycles. The molecule has 1 aliphatic heterocycles. The summed E-state index contributed by atoms with van der Waals surface area (Å²) in [7, 11) is 0. The highest BCUT2D eigenvalue weighted by Gasteiger charge is 2.89. The first-order chi connectivity index (χ1) is 8.78. The Labute approximate surface area is 140 Å². The molecule has 1 saturated heterocycles. The van der Waals surface area contributed by atoms with Gasteiger partial charge in [-0.2, -0.15) is 0 Å². The summed E-state index contributed by atoms with van der Waals surface area (Å²) in [6, 6.07) is 0. The lowest BCUT2D eigenvalue weighted by Gasteiger charge is -2.38. The Kier molecular flexibility index (Phi) is 2.18. The topological polar surface area (TPSA) is 12.5 Å². The first-order valence-corrected chi connectivity index (χ1v) is 8.52. The number of ether oxygens (including phenoxy) is 1. The lowest BCUT2D eigenvalue weighted by atomic mass is 9.73. The molecule has 19 heavy (non-hydrogen) atoms. The molecule has 5 rings (SSSR count). The molecular formula is C12H8Cl6O. The van der Waals surface area contributed by atoms with E-state index in [1.165, 1.54) is 0 Å². The van der Waals surface area contributed by atoms with Gasteiger partial charge in [0.2, 0.25) is 0 Å². The largest absolute Gasteiger partial charge is 0.369 e. The summed E-state index contributed by atoms with van der Waals surface area (Å²) >= 11 is 39.5. The molecule has 4 fully saturated rings. The van der Waals surface area contributed by atoms with Crippen molar-refractivity contribution in [2.24, 2.45) is 23.7 Å². The van der Waals surface area contributed by atoms with Crippen molar-refractivity contribution in [2.75, 3.05) is 0 Å². The van der Waals surface area contributed by atoms with E-state index in [2.05, 4.69) is 0 Å². The summed E-state index contributed by atoms with van der Waals surface area (Å²) in [5.41, 5.74) is 0. The van der Waals surface area contributed by atoms with E-state index in [0.29, 0.717) is 21.9 Å². The third-order valence-corrected chi connectivity index (χ3v) is 10.2. The molecule has 8 atom stereocenters. The molecule has 5 aliphatic rings. The van der Waals surface area contributed by atoms with E-state index < -0.39 is 14.1 Å². The third-order valence-electron chi connectivity index (χ3n) is 5.92. The van der Waals surface area contributed by atoms with Gasteiger partial charge in [0.05, 0.1) is 22.3 Å². The number of hydrogen-bond donors (Lipinski definition) is 0. The monoisotopic (exact) mass is 378 g/mol. The average molecular weight is 381 g/mol. The zero-order valence-electron chi connectivity index (χ0n) is 9.35. The van der Waals surface area contributed by atoms with E-state index in [1.807, 2.05) is 0 Å². The van der Waals surface area contributed by atoms with Crippen LogP contribution in [0.15, 0.2) is 10.1 Å². The van der Waals surface area contributed by atoms with Crippen LogP contribution in [0.4, 0.5) is 0 Å². The van der Waals surface area contributed by atoms with E-state index in [9.17, 15) is 0 Å². The molecule has 0 radical (unpaired) electrons. The first-order valence-electron chi connectivity index (χ1n) is 6.25. The van der Waals surface area contributed by atoms with Crippen molar-refractivity contribution in [3.8, 4) is 0 Å². The third kappa shape index (κ3) is 0.986. The lowest BCUT2D eigenvalue weighted by molar-refractivity contribution is 0.237. The van der Waals surface area contributed by atoms with E-state index in [4.69, 9.17) is 74.3 Å². The van der Waals surface area contributed by atoms with Gasteiger partial charge in [-0.05, 0) is 30.1 Å². The van der Waals surface area contributed by atoms with Gasteiger partial charge >= 0.3 is 0 Å². The van der Waals surface area contributed by atoms with Crippen LogP contribution in [-0.4, -0.2) is 26.3 Å². The van der Waals surface area contributed by atoms with Crippen LogP contribution in [0, 0.1) is 23.7 Å². The highest BCUT2D eigenvalue weighted by Crippen LogP contribution is 2.84. The van der Waals surface area contributed by atoms with Gasteiger partial charge in [-0.3, -0.25) is 0 Å². The Morgan fingerprint density at radius 2 is 1.26 bits per heavy atom. The van der Waals surface area contributed by atoms with Crippen molar-refractivity contribution in [1.82, 2.24) is 0 Å². The number of fused-ring (bicyclic) bond motifs is 12. The minimum atomic E-state index is -1.37. The van der Waals surface area contributed by atoms with Gasteiger partial charge in [-0.1, -0.05) is 46.4 Å². The molecule has 1 heterocycles. The van der Waals surface area contributed by atoms with Crippen LogP contribution in [0.2, 0.25) is 0 Å². The molecule has 3 saturated carbocycles. The maximum Gasteiger partial charge on any atom is 0.166 e. The molecule has 0 spiro atoms. The molecular weight excluding hydrogens is 373 g/mol. The Morgan fingerprint density at radius 1 is 0.842 bits per heavy atom. The van der Waals surface area contributed by atoms with E-state index in [1.54, 1.807) is 0 Å². The van der Waals surface area contributed by atoms with Crippen LogP contribution in [0.1, 0.15) is 6.42 Å². The summed E-state index contributed by atoms with van der Waals surface area (Å²) in [5, 5.41) is 0.642. The quantitative estimate of drug-likeness (QED) is 0.343. The van der Waals surface area contributed by atoms with Crippen LogP contribution in [0.3, 0.4) is 0 Å². The van der Waals surface area contributed by atoms with E-state index in [-0.39, 0.29) is 24.0 Å². The van der Waals surface area contributed by atoms with E-state index in [0.717, 1.165) is 6.42 Å². The second-order valence-corrected chi connectivity index (χ2v) is 9.58. The Bertz CT molecular complexity index is 516. The number of rotatable bonds is 0. The minimum Gasteiger partial charge on any atom is -0.369 e. The van der Waals surface area contributed by atoms with Gasteiger partial charge in [0, 0.05) is 0 Å². The smallest absolute Gasteiger partial charge is 0.166 e. The van der Waals surface area contributed by atoms with Crippen molar-refractivity contribution in [3.05, 3.63) is 10.1 Å². The number of alkyl halides is 4. The number of allylic oxidation sites excluding steroid dienone is 2. The zero-order valence-corrected chi connectivity index (χ0v) is 13.9. The SMILES string of the molecule is ClC1=C(Cl)[C@]2(Cl)C3C4C[C@@H]([C@H]5O[C@@H]45)[C@@H]3[C@@]1(Cl)C2(Cl)Cl. The van der Waals surface area contributed by atoms with Crippen molar-refractivity contribution < 1.29 is 4.74 Å². The van der Waals surface area contributed by atoms with E-state index >= 15 is 0 Å². The molecule has 2 unspecified atom stereocenters. The molecule has 0 N–H and O–H groups in total. The maximum atomic E-state index is 6.82. The minimum absolute atomic E-state index is 0.0467. The average Bonchev–Trinajstić information content (AvgIpc) is 2.91. The van der Waals surface area contributed by atoms with Gasteiger partial charge < -0.3 is 4.74 Å². The van der Waals surface area contributed by atoms with Crippen LogP contribution < -0.4 is 0 Å².